The Morgan fingerprint density at radius 3 is 1.84 bits per heavy atom. The van der Waals surface area contributed by atoms with Gasteiger partial charge in [0.2, 0.25) is 12.2 Å². The zero-order valence-corrected chi connectivity index (χ0v) is 56.7. The zero-order chi connectivity index (χ0) is 65.7. The predicted octanol–water partition coefficient (Wildman–Crippen LogP) is 11.3. The lowest BCUT2D eigenvalue weighted by Gasteiger charge is -2.37. The molecular formula is C71H123NO18. The summed E-state index contributed by atoms with van der Waals surface area (Å²) < 4.78 is 63.3. The van der Waals surface area contributed by atoms with Crippen LogP contribution in [-0.2, 0) is 76.1 Å². The van der Waals surface area contributed by atoms with Gasteiger partial charge in [0.05, 0.1) is 76.8 Å². The molecule has 1 aliphatic carbocycles. The molecule has 1 saturated carbocycles. The lowest BCUT2D eigenvalue weighted by atomic mass is 9.83. The second-order valence-electron chi connectivity index (χ2n) is 24.8. The second kappa shape index (κ2) is 54.8. The minimum absolute atomic E-state index is 0.00437. The summed E-state index contributed by atoms with van der Waals surface area (Å²) in [5.41, 5.74) is 1.70. The van der Waals surface area contributed by atoms with E-state index in [1.165, 1.54) is 0 Å². The van der Waals surface area contributed by atoms with Crippen molar-refractivity contribution >= 4 is 30.7 Å². The Morgan fingerprint density at radius 2 is 1.26 bits per heavy atom. The van der Waals surface area contributed by atoms with E-state index in [1.807, 2.05) is 58.1 Å². The number of aliphatic hydroxyl groups is 2. The summed E-state index contributed by atoms with van der Waals surface area (Å²) in [6.07, 6.45) is 31.9. The maximum Gasteiger partial charge on any atom is 0.293 e. The van der Waals surface area contributed by atoms with Crippen molar-refractivity contribution in [1.29, 1.82) is 0 Å². The number of methoxy groups -OCH3 is 2. The van der Waals surface area contributed by atoms with Crippen LogP contribution >= 0.6 is 0 Å². The molecule has 0 aromatic heterocycles. The molecule has 90 heavy (non-hydrogen) atoms. The molecule has 2 aliphatic rings. The molecule has 1 saturated heterocycles. The summed E-state index contributed by atoms with van der Waals surface area (Å²) in [4.78, 5) is 58.6. The van der Waals surface area contributed by atoms with E-state index in [1.54, 1.807) is 14.2 Å². The van der Waals surface area contributed by atoms with Gasteiger partial charge in [-0.25, -0.2) is 0 Å². The van der Waals surface area contributed by atoms with Gasteiger partial charge in [-0.1, -0.05) is 63.6 Å². The summed E-state index contributed by atoms with van der Waals surface area (Å²) >= 11 is 0. The summed E-state index contributed by atoms with van der Waals surface area (Å²) in [5, 5.41) is 24.9. The number of hydrogen-bond donors (Lipinski definition) is 3. The molecule has 0 aromatic carbocycles. The first-order valence-electron chi connectivity index (χ1n) is 34.4. The van der Waals surface area contributed by atoms with Gasteiger partial charge in [-0.2, -0.15) is 0 Å². The molecule has 2 fully saturated rings. The van der Waals surface area contributed by atoms with E-state index < -0.39 is 11.9 Å². The van der Waals surface area contributed by atoms with Gasteiger partial charge < -0.3 is 72.4 Å². The van der Waals surface area contributed by atoms with E-state index in [4.69, 9.17) is 52.1 Å². The van der Waals surface area contributed by atoms with Crippen LogP contribution in [-0.4, -0.2) is 190 Å². The minimum Gasteiger partial charge on any atom is -0.464 e. The van der Waals surface area contributed by atoms with Crippen molar-refractivity contribution in [3.63, 3.8) is 0 Å². The average Bonchev–Trinajstić information content (AvgIpc) is 1.46. The third kappa shape index (κ3) is 41.2. The average molecular weight is 1280 g/mol. The summed E-state index contributed by atoms with van der Waals surface area (Å²) in [5.74, 6) is -1.73. The smallest absolute Gasteiger partial charge is 0.293 e. The number of aldehydes is 1. The van der Waals surface area contributed by atoms with Crippen LogP contribution < -0.4 is 5.32 Å². The van der Waals surface area contributed by atoms with Crippen LogP contribution in [0, 0.1) is 23.7 Å². The molecule has 19 heteroatoms. The Morgan fingerprint density at radius 1 is 0.667 bits per heavy atom. The largest absolute Gasteiger partial charge is 0.464 e. The molecule has 7 unspecified atom stereocenters. The zero-order valence-electron chi connectivity index (χ0n) is 56.7. The number of carbonyl (C=O) groups is 5. The number of nitrogens with one attached hydrogen (secondary N) is 1. The Hall–Kier alpha value is -3.57. The van der Waals surface area contributed by atoms with Crippen LogP contribution in [0.5, 0.6) is 0 Å². The normalized spacial score (nSPS) is 20.8. The molecule has 2 rings (SSSR count). The molecule has 520 valence electrons. The topological polar surface area (TPSA) is 239 Å². The van der Waals surface area contributed by atoms with Crippen LogP contribution in [0.2, 0.25) is 0 Å². The molecule has 1 amide bonds. The first kappa shape index (κ1) is 82.5. The Kier molecular flexibility index (Phi) is 50.2. The van der Waals surface area contributed by atoms with E-state index in [0.29, 0.717) is 142 Å². The van der Waals surface area contributed by atoms with Gasteiger partial charge in [0.1, 0.15) is 18.2 Å². The lowest BCUT2D eigenvalue weighted by Crippen LogP contribution is -2.48. The number of Topliss-reactive ketones (excluding diaryl/α,β-unsaturated/α-hetero) is 2. The number of ketones is 2. The van der Waals surface area contributed by atoms with Crippen LogP contribution in [0.3, 0.4) is 0 Å². The maximum absolute atomic E-state index is 13.4. The van der Waals surface area contributed by atoms with Crippen LogP contribution in [0.4, 0.5) is 0 Å². The van der Waals surface area contributed by atoms with Crippen molar-refractivity contribution in [3.05, 3.63) is 47.6 Å². The molecular weight excluding hydrogens is 1150 g/mol. The fourth-order valence-corrected chi connectivity index (χ4v) is 11.5. The maximum atomic E-state index is 13.4. The summed E-state index contributed by atoms with van der Waals surface area (Å²) in [6.45, 7) is 19.3. The van der Waals surface area contributed by atoms with Crippen LogP contribution in [0.1, 0.15) is 202 Å². The molecule has 19 nitrogen and oxygen atoms in total. The number of aliphatic hydroxyl groups excluding tert-OH is 1. The second-order valence-corrected chi connectivity index (χ2v) is 24.8. The third-order valence-electron chi connectivity index (χ3n) is 17.2. The van der Waals surface area contributed by atoms with Gasteiger partial charge in [-0.05, 0) is 159 Å². The molecule has 3 N–H and O–H groups in total. The Labute approximate surface area is 542 Å². The molecule has 0 spiro atoms. The SMILES string of the molecule is COC(CC1CCC[C@](O)(C(=O)CCCCCNC=O)O1)/C(C)=C/C=C/C=C/C(C)CC(C)C(=O)CC(O)/C(C)=C/C(C)[C@@H](CC(CCC1CCC(OCCCCCOCCOCCOCCCCOCCOCCCCCOCCC=O)CC1)OC=O)OC. The number of hydrogen-bond acceptors (Lipinski definition) is 18. The Balaban J connectivity index is 1.55. The standard InChI is InChI=1S/C71H123NO18/c1-57(24-12-8-13-25-58(2)68(80-6)53-65-26-22-34-71(79,90-65)70(78)27-14-9-15-35-72-55-74)50-59(3)66(76)54-67(77)60(4)51-61(5)69(81-7)52-64(89-56-75)33-30-62-28-31-63(32-29-62)88-43-19-11-18-39-84-46-48-87-49-47-86-41-21-20-40-85-45-44-83-38-17-10-16-37-82-42-23-36-73/h8,12-13,24-25,36,51,55-57,59,61-65,67-69,77,79H,9-11,14-23,26-35,37-50,52-54H2,1-7H3,(H,72,74)/b13-8+,24-12+,58-25+,60-51+/t57?,59?,61?,62?,63?,64?,65?,67?,68?,69-,71-/m1/s1. The minimum atomic E-state index is -1.78. The van der Waals surface area contributed by atoms with Crippen molar-refractivity contribution < 1.29 is 86.3 Å². The van der Waals surface area contributed by atoms with Crippen molar-refractivity contribution in [2.45, 2.75) is 244 Å². The number of allylic oxidation sites excluding steroid dienone is 5. The van der Waals surface area contributed by atoms with Crippen molar-refractivity contribution in [2.24, 2.45) is 23.7 Å². The number of carbonyl (C=O) groups excluding carboxylic acids is 5. The highest BCUT2D eigenvalue weighted by atomic mass is 16.6. The molecule has 9 atom stereocenters. The summed E-state index contributed by atoms with van der Waals surface area (Å²) in [6, 6.07) is 0. The van der Waals surface area contributed by atoms with Crippen molar-refractivity contribution in [2.75, 3.05) is 107 Å². The Bertz CT molecular complexity index is 1940. The molecule has 0 radical (unpaired) electrons. The van der Waals surface area contributed by atoms with E-state index in [0.717, 1.165) is 134 Å². The highest BCUT2D eigenvalue weighted by molar-refractivity contribution is 5.85. The van der Waals surface area contributed by atoms with E-state index in [2.05, 4.69) is 18.3 Å². The highest BCUT2D eigenvalue weighted by Gasteiger charge is 2.42. The number of amides is 1. The van der Waals surface area contributed by atoms with E-state index in [9.17, 15) is 34.2 Å². The van der Waals surface area contributed by atoms with Gasteiger partial charge in [-0.15, -0.1) is 0 Å². The van der Waals surface area contributed by atoms with Gasteiger partial charge in [0.15, 0.2) is 5.78 Å². The fourth-order valence-electron chi connectivity index (χ4n) is 11.5. The monoisotopic (exact) mass is 1280 g/mol. The molecule has 1 heterocycles. The van der Waals surface area contributed by atoms with Gasteiger partial charge in [-0.3, -0.25) is 19.2 Å². The summed E-state index contributed by atoms with van der Waals surface area (Å²) in [7, 11) is 3.30. The molecule has 0 aromatic rings. The highest BCUT2D eigenvalue weighted by Crippen LogP contribution is 2.34. The lowest BCUT2D eigenvalue weighted by molar-refractivity contribution is -0.245. The van der Waals surface area contributed by atoms with Crippen molar-refractivity contribution in [3.8, 4) is 0 Å². The first-order chi connectivity index (χ1) is 43.7. The number of unbranched alkanes of at least 4 members (excludes halogenated alkanes) is 7. The number of ether oxygens (including phenoxy) is 11. The van der Waals surface area contributed by atoms with Gasteiger partial charge >= 0.3 is 0 Å². The van der Waals surface area contributed by atoms with Crippen LogP contribution in [0.25, 0.3) is 0 Å². The molecule has 0 bridgehead atoms. The molecule has 1 aliphatic heterocycles. The van der Waals surface area contributed by atoms with Crippen LogP contribution in [0.15, 0.2) is 47.6 Å². The quantitative estimate of drug-likeness (QED) is 0.0222. The van der Waals surface area contributed by atoms with E-state index in [-0.39, 0.29) is 79.1 Å². The predicted molar refractivity (Wildman–Crippen MR) is 350 cm³/mol. The fraction of sp³-hybridized carbons (Fsp3) is 0.817. The van der Waals surface area contributed by atoms with E-state index >= 15 is 0 Å². The van der Waals surface area contributed by atoms with Crippen molar-refractivity contribution in [1.82, 2.24) is 5.32 Å². The van der Waals surface area contributed by atoms with Gasteiger partial charge in [0.25, 0.3) is 6.47 Å². The first-order valence-corrected chi connectivity index (χ1v) is 34.4. The number of rotatable bonds is 61. The van der Waals surface area contributed by atoms with Gasteiger partial charge in [0, 0.05) is 111 Å². The third-order valence-corrected chi connectivity index (χ3v) is 17.2.